The third kappa shape index (κ3) is 3.66. The lowest BCUT2D eigenvalue weighted by molar-refractivity contribution is -0.123. The summed E-state index contributed by atoms with van der Waals surface area (Å²) in [4.78, 5) is 14.8. The lowest BCUT2D eigenvalue weighted by atomic mass is 10.0. The van der Waals surface area contributed by atoms with E-state index < -0.39 is 16.1 Å². The Morgan fingerprint density at radius 2 is 2.00 bits per heavy atom. The number of benzene rings is 1. The van der Waals surface area contributed by atoms with Crippen molar-refractivity contribution in [1.29, 1.82) is 0 Å². The summed E-state index contributed by atoms with van der Waals surface area (Å²) >= 11 is 0. The molecule has 0 bridgehead atoms. The van der Waals surface area contributed by atoms with Crippen molar-refractivity contribution < 1.29 is 13.2 Å². The fraction of sp³-hybridized carbons (Fsp3) is 0.444. The molecule has 8 heteroatoms. The van der Waals surface area contributed by atoms with Crippen molar-refractivity contribution in [2.45, 2.75) is 32.4 Å². The summed E-state index contributed by atoms with van der Waals surface area (Å²) in [6, 6.07) is 8.72. The molecule has 1 saturated heterocycles. The molecule has 0 spiro atoms. The smallest absolute Gasteiger partial charge is 0.246 e. The van der Waals surface area contributed by atoms with Gasteiger partial charge >= 0.3 is 0 Å². The summed E-state index contributed by atoms with van der Waals surface area (Å²) < 4.78 is 27.9. The van der Waals surface area contributed by atoms with Crippen LogP contribution in [-0.2, 0) is 28.4 Å². The van der Waals surface area contributed by atoms with Gasteiger partial charge in [-0.1, -0.05) is 24.3 Å². The number of anilines is 1. The first-order chi connectivity index (χ1) is 12.3. The standard InChI is InChI=1S/C18H24N4O3S/c1-14-7-4-5-8-15(14)13-22(26(3,24)25)16-9-6-12-21(18(16)23)17-10-11-19-20(17)2/h4-5,7-8,10-11,16H,6,9,12-13H2,1-3H3/t16-/m0/s1. The Morgan fingerprint density at radius 1 is 1.27 bits per heavy atom. The van der Waals surface area contributed by atoms with Crippen LogP contribution in [0, 0.1) is 6.92 Å². The molecule has 0 saturated carbocycles. The molecule has 0 unspecified atom stereocenters. The first-order valence-electron chi connectivity index (χ1n) is 8.60. The van der Waals surface area contributed by atoms with Crippen LogP contribution in [0.25, 0.3) is 0 Å². The Labute approximate surface area is 154 Å². The van der Waals surface area contributed by atoms with Crippen LogP contribution in [0.1, 0.15) is 24.0 Å². The molecule has 2 aromatic rings. The van der Waals surface area contributed by atoms with Crippen LogP contribution in [-0.4, -0.2) is 47.3 Å². The summed E-state index contributed by atoms with van der Waals surface area (Å²) in [5.74, 6) is 0.489. The summed E-state index contributed by atoms with van der Waals surface area (Å²) in [7, 11) is -1.78. The zero-order chi connectivity index (χ0) is 18.9. The van der Waals surface area contributed by atoms with Gasteiger partial charge in [-0.2, -0.15) is 9.40 Å². The normalized spacial score (nSPS) is 18.5. The fourth-order valence-corrected chi connectivity index (χ4v) is 4.43. The Hall–Kier alpha value is -2.19. The molecule has 0 radical (unpaired) electrons. The molecule has 1 aliphatic heterocycles. The number of nitrogens with zero attached hydrogens (tertiary/aromatic N) is 4. The van der Waals surface area contributed by atoms with Crippen LogP contribution in [0.5, 0.6) is 0 Å². The van der Waals surface area contributed by atoms with Crippen molar-refractivity contribution in [3.63, 3.8) is 0 Å². The van der Waals surface area contributed by atoms with E-state index in [1.54, 1.807) is 28.9 Å². The first kappa shape index (κ1) is 18.6. The maximum Gasteiger partial charge on any atom is 0.246 e. The van der Waals surface area contributed by atoms with Crippen molar-refractivity contribution in [1.82, 2.24) is 14.1 Å². The number of carbonyl (C=O) groups is 1. The molecule has 1 aliphatic rings. The van der Waals surface area contributed by atoms with Gasteiger partial charge in [0.1, 0.15) is 11.9 Å². The number of amides is 1. The highest BCUT2D eigenvalue weighted by Gasteiger charge is 2.38. The number of hydrogen-bond acceptors (Lipinski definition) is 4. The molecular formula is C18H24N4O3S. The average molecular weight is 376 g/mol. The summed E-state index contributed by atoms with van der Waals surface area (Å²) in [6.45, 7) is 2.71. The molecule has 3 rings (SSSR count). The fourth-order valence-electron chi connectivity index (χ4n) is 3.40. The molecule has 1 aromatic heterocycles. The number of hydrogen-bond donors (Lipinski definition) is 0. The molecule has 2 heterocycles. The summed E-state index contributed by atoms with van der Waals surface area (Å²) in [5, 5.41) is 4.12. The minimum Gasteiger partial charge on any atom is -0.296 e. The number of aryl methyl sites for hydroxylation is 2. The third-order valence-corrected chi connectivity index (χ3v) is 6.08. The second-order valence-corrected chi connectivity index (χ2v) is 8.63. The van der Waals surface area contributed by atoms with Crippen LogP contribution in [0.2, 0.25) is 0 Å². The van der Waals surface area contributed by atoms with Gasteiger partial charge in [-0.15, -0.1) is 0 Å². The predicted molar refractivity (Wildman–Crippen MR) is 100 cm³/mol. The molecule has 1 amide bonds. The zero-order valence-corrected chi connectivity index (χ0v) is 16.1. The highest BCUT2D eigenvalue weighted by atomic mass is 32.2. The van der Waals surface area contributed by atoms with Crippen LogP contribution >= 0.6 is 0 Å². The Kier molecular flexibility index (Phi) is 5.15. The first-order valence-corrected chi connectivity index (χ1v) is 10.4. The SMILES string of the molecule is Cc1ccccc1CN([C@H]1CCCN(c2ccnn2C)C1=O)S(C)(=O)=O. The van der Waals surface area contributed by atoms with E-state index in [0.717, 1.165) is 17.5 Å². The van der Waals surface area contributed by atoms with Gasteiger partial charge < -0.3 is 0 Å². The Morgan fingerprint density at radius 3 is 2.62 bits per heavy atom. The molecule has 1 aromatic carbocycles. The van der Waals surface area contributed by atoms with E-state index >= 15 is 0 Å². The van der Waals surface area contributed by atoms with Crippen molar-refractivity contribution in [3.8, 4) is 0 Å². The molecule has 7 nitrogen and oxygen atoms in total. The lowest BCUT2D eigenvalue weighted by Crippen LogP contribution is -2.54. The predicted octanol–water partition coefficient (Wildman–Crippen LogP) is 1.69. The van der Waals surface area contributed by atoms with E-state index in [9.17, 15) is 13.2 Å². The quantitative estimate of drug-likeness (QED) is 0.796. The molecule has 1 fully saturated rings. The van der Waals surface area contributed by atoms with Crippen LogP contribution in [0.4, 0.5) is 5.82 Å². The van der Waals surface area contributed by atoms with Crippen molar-refractivity contribution in [2.24, 2.45) is 7.05 Å². The minimum atomic E-state index is -3.55. The second kappa shape index (κ2) is 7.20. The minimum absolute atomic E-state index is 0.196. The van der Waals surface area contributed by atoms with Gasteiger partial charge in [0, 0.05) is 26.2 Å². The van der Waals surface area contributed by atoms with Crippen LogP contribution in [0.15, 0.2) is 36.5 Å². The zero-order valence-electron chi connectivity index (χ0n) is 15.3. The number of aromatic nitrogens is 2. The van der Waals surface area contributed by atoms with E-state index in [2.05, 4.69) is 5.10 Å². The van der Waals surface area contributed by atoms with E-state index in [4.69, 9.17) is 0 Å². The molecular weight excluding hydrogens is 352 g/mol. The number of piperidine rings is 1. The molecule has 26 heavy (non-hydrogen) atoms. The van der Waals surface area contributed by atoms with Crippen LogP contribution in [0.3, 0.4) is 0 Å². The van der Waals surface area contributed by atoms with E-state index in [1.807, 2.05) is 31.2 Å². The van der Waals surface area contributed by atoms with Crippen molar-refractivity contribution in [3.05, 3.63) is 47.7 Å². The van der Waals surface area contributed by atoms with Gasteiger partial charge in [0.2, 0.25) is 15.9 Å². The van der Waals surface area contributed by atoms with Gasteiger partial charge in [-0.05, 0) is 30.9 Å². The highest BCUT2D eigenvalue weighted by Crippen LogP contribution is 2.26. The van der Waals surface area contributed by atoms with E-state index in [-0.39, 0.29) is 12.5 Å². The highest BCUT2D eigenvalue weighted by molar-refractivity contribution is 7.88. The molecule has 1 atom stereocenters. The van der Waals surface area contributed by atoms with Gasteiger partial charge in [0.15, 0.2) is 0 Å². The molecule has 0 N–H and O–H groups in total. The molecule has 0 aliphatic carbocycles. The monoisotopic (exact) mass is 376 g/mol. The summed E-state index contributed by atoms with van der Waals surface area (Å²) in [5.41, 5.74) is 1.91. The van der Waals surface area contributed by atoms with Gasteiger partial charge in [-0.3, -0.25) is 14.4 Å². The maximum absolute atomic E-state index is 13.1. The van der Waals surface area contributed by atoms with E-state index in [0.29, 0.717) is 18.8 Å². The Bertz CT molecular complexity index is 907. The number of carbonyl (C=O) groups excluding carboxylic acids is 1. The summed E-state index contributed by atoms with van der Waals surface area (Å²) in [6.07, 6.45) is 4.06. The van der Waals surface area contributed by atoms with Gasteiger partial charge in [-0.25, -0.2) is 8.42 Å². The van der Waals surface area contributed by atoms with Crippen molar-refractivity contribution in [2.75, 3.05) is 17.7 Å². The number of sulfonamides is 1. The number of rotatable bonds is 5. The topological polar surface area (TPSA) is 75.5 Å². The Balaban J connectivity index is 1.92. The van der Waals surface area contributed by atoms with E-state index in [1.165, 1.54) is 10.6 Å². The van der Waals surface area contributed by atoms with Gasteiger partial charge in [0.25, 0.3) is 0 Å². The lowest BCUT2D eigenvalue weighted by Gasteiger charge is -2.37. The largest absolute Gasteiger partial charge is 0.296 e. The van der Waals surface area contributed by atoms with Crippen molar-refractivity contribution >= 4 is 21.7 Å². The second-order valence-electron chi connectivity index (χ2n) is 6.70. The van der Waals surface area contributed by atoms with Gasteiger partial charge in [0.05, 0.1) is 12.5 Å². The average Bonchev–Trinajstić information content (AvgIpc) is 3.00. The maximum atomic E-state index is 13.1. The van der Waals surface area contributed by atoms with Crippen LogP contribution < -0.4 is 4.90 Å². The third-order valence-electron chi connectivity index (χ3n) is 4.84. The molecule has 140 valence electrons.